The van der Waals surface area contributed by atoms with Gasteiger partial charge in [-0.1, -0.05) is 26.8 Å². The minimum absolute atomic E-state index is 0.128. The summed E-state index contributed by atoms with van der Waals surface area (Å²) in [5, 5.41) is 13.7. The van der Waals surface area contributed by atoms with Gasteiger partial charge in [0.15, 0.2) is 11.5 Å². The summed E-state index contributed by atoms with van der Waals surface area (Å²) < 4.78 is 17.2. The van der Waals surface area contributed by atoms with E-state index in [0.717, 1.165) is 41.5 Å². The van der Waals surface area contributed by atoms with Gasteiger partial charge in [-0.15, -0.1) is 11.8 Å². The smallest absolute Gasteiger partial charge is 0.163 e. The summed E-state index contributed by atoms with van der Waals surface area (Å²) in [4.78, 5) is 8.00. The van der Waals surface area contributed by atoms with Gasteiger partial charge in [-0.05, 0) is 49.8 Å². The van der Waals surface area contributed by atoms with Gasteiger partial charge in [-0.3, -0.25) is 9.89 Å². The van der Waals surface area contributed by atoms with Crippen LogP contribution in [0, 0.1) is 5.41 Å². The van der Waals surface area contributed by atoms with E-state index in [4.69, 9.17) is 14.2 Å². The summed E-state index contributed by atoms with van der Waals surface area (Å²) in [6, 6.07) is 12.3. The van der Waals surface area contributed by atoms with E-state index < -0.39 is 0 Å². The molecule has 1 atom stereocenters. The number of hydrogen-bond acceptors (Lipinski definition) is 8. The second-order valence-electron chi connectivity index (χ2n) is 9.96. The van der Waals surface area contributed by atoms with Crippen LogP contribution in [0.15, 0.2) is 58.1 Å². The van der Waals surface area contributed by atoms with E-state index >= 15 is 0 Å². The lowest BCUT2D eigenvalue weighted by Gasteiger charge is -2.19. The van der Waals surface area contributed by atoms with Crippen molar-refractivity contribution in [2.45, 2.75) is 44.8 Å². The largest absolute Gasteiger partial charge is 0.512 e. The van der Waals surface area contributed by atoms with Crippen LogP contribution in [0.4, 0.5) is 11.4 Å². The molecule has 1 heterocycles. The number of nitrogens with one attached hydrogen (secondary N) is 1. The van der Waals surface area contributed by atoms with Crippen LogP contribution in [0.25, 0.3) is 0 Å². The number of allylic oxidation sites excluding steroid dienone is 1. The van der Waals surface area contributed by atoms with E-state index in [1.807, 2.05) is 58.0 Å². The minimum Gasteiger partial charge on any atom is -0.512 e. The predicted octanol–water partition coefficient (Wildman–Crippen LogP) is 6.84. The average Bonchev–Trinajstić information content (AvgIpc) is 3.37. The van der Waals surface area contributed by atoms with Crippen LogP contribution in [-0.2, 0) is 4.74 Å². The number of thioether (sulfide) groups is 1. The number of ether oxygens (including phenoxy) is 3. The van der Waals surface area contributed by atoms with E-state index in [-0.39, 0.29) is 10.7 Å². The van der Waals surface area contributed by atoms with Crippen molar-refractivity contribution in [2.75, 3.05) is 52.0 Å². The van der Waals surface area contributed by atoms with E-state index in [2.05, 4.69) is 34.3 Å². The molecule has 0 bridgehead atoms. The Bertz CT molecular complexity index is 1080. The third kappa shape index (κ3) is 8.69. The molecule has 8 heteroatoms. The molecule has 7 nitrogen and oxygen atoms in total. The molecule has 0 aromatic heterocycles. The lowest BCUT2D eigenvalue weighted by Crippen LogP contribution is -2.25. The van der Waals surface area contributed by atoms with Crippen LogP contribution < -0.4 is 14.8 Å². The molecule has 1 unspecified atom stereocenters. The van der Waals surface area contributed by atoms with Crippen molar-refractivity contribution in [2.24, 2.45) is 10.4 Å². The van der Waals surface area contributed by atoms with Gasteiger partial charge in [-0.25, -0.2) is 0 Å². The van der Waals surface area contributed by atoms with Gasteiger partial charge in [-0.2, -0.15) is 0 Å². The van der Waals surface area contributed by atoms with Crippen LogP contribution in [0.2, 0.25) is 0 Å². The Morgan fingerprint density at radius 1 is 1.27 bits per heavy atom. The molecule has 1 aliphatic heterocycles. The van der Waals surface area contributed by atoms with Gasteiger partial charge < -0.3 is 24.6 Å². The van der Waals surface area contributed by atoms with Gasteiger partial charge in [0, 0.05) is 53.2 Å². The van der Waals surface area contributed by atoms with Gasteiger partial charge in [0.1, 0.15) is 6.61 Å². The number of aliphatic hydroxyl groups is 1. The fourth-order valence-corrected chi connectivity index (χ4v) is 4.92. The zero-order valence-electron chi connectivity index (χ0n) is 22.9. The first-order valence-corrected chi connectivity index (χ1v) is 13.6. The summed E-state index contributed by atoms with van der Waals surface area (Å²) >= 11 is 1.76. The Morgan fingerprint density at radius 2 is 2.08 bits per heavy atom. The fourth-order valence-electron chi connectivity index (χ4n) is 3.85. The van der Waals surface area contributed by atoms with E-state index in [0.29, 0.717) is 37.1 Å². The molecule has 2 N–H and O–H groups in total. The zero-order chi connectivity index (χ0) is 26.8. The predicted molar refractivity (Wildman–Crippen MR) is 154 cm³/mol. The number of nitrogens with zero attached hydrogens (tertiary/aromatic N) is 2. The molecule has 2 aromatic rings. The summed E-state index contributed by atoms with van der Waals surface area (Å²) in [6.07, 6.45) is 3.63. The third-order valence-corrected chi connectivity index (χ3v) is 7.16. The molecule has 37 heavy (non-hydrogen) atoms. The van der Waals surface area contributed by atoms with Crippen LogP contribution >= 0.6 is 11.8 Å². The van der Waals surface area contributed by atoms with Crippen LogP contribution in [0.1, 0.15) is 45.4 Å². The number of benzene rings is 2. The maximum absolute atomic E-state index is 10.2. The number of aliphatic hydroxyl groups excluding tert-OH is 1. The van der Waals surface area contributed by atoms with Crippen molar-refractivity contribution >= 4 is 29.4 Å². The van der Waals surface area contributed by atoms with E-state index in [1.54, 1.807) is 25.1 Å². The van der Waals surface area contributed by atoms with Crippen molar-refractivity contribution in [1.82, 2.24) is 4.90 Å². The van der Waals surface area contributed by atoms with Crippen molar-refractivity contribution in [1.29, 1.82) is 0 Å². The van der Waals surface area contributed by atoms with Gasteiger partial charge in [0.25, 0.3) is 0 Å². The standard InChI is InChI=1S/C29H41N3O4S/c1-7-30-25-19-27(36-16-14-32-13-15-35-20-32)26(34-6)18-24(25)21(2)37-23-10-8-9-22(17-23)31-12-11-28(33)29(3,4)5/h7-11,17-19,21,31,33H,12-16,20H2,1-6H3/b28-11-,30-7?. The second kappa shape index (κ2) is 13.7. The van der Waals surface area contributed by atoms with Crippen molar-refractivity contribution in [3.05, 3.63) is 53.8 Å². The van der Waals surface area contributed by atoms with Crippen molar-refractivity contribution < 1.29 is 19.3 Å². The highest BCUT2D eigenvalue weighted by Gasteiger charge is 2.19. The SMILES string of the molecule is CC=Nc1cc(OCCN2CCOC2)c(OC)cc1C(C)Sc1cccc(NC/C=C(\O)C(C)(C)C)c1. The summed E-state index contributed by atoms with van der Waals surface area (Å²) in [5.41, 5.74) is 2.71. The Morgan fingerprint density at radius 3 is 2.76 bits per heavy atom. The molecule has 2 aromatic carbocycles. The summed E-state index contributed by atoms with van der Waals surface area (Å²) in [7, 11) is 1.67. The molecule has 1 saturated heterocycles. The topological polar surface area (TPSA) is 75.6 Å². The zero-order valence-corrected chi connectivity index (χ0v) is 23.7. The Balaban J connectivity index is 1.70. The van der Waals surface area contributed by atoms with Gasteiger partial charge in [0.2, 0.25) is 0 Å². The Hall–Kier alpha value is -2.68. The monoisotopic (exact) mass is 527 g/mol. The highest BCUT2D eigenvalue weighted by Crippen LogP contribution is 2.44. The molecule has 3 rings (SSSR count). The maximum Gasteiger partial charge on any atom is 0.163 e. The number of rotatable bonds is 12. The van der Waals surface area contributed by atoms with Gasteiger partial charge >= 0.3 is 0 Å². The van der Waals surface area contributed by atoms with Crippen LogP contribution in [-0.4, -0.2) is 62.9 Å². The quantitative estimate of drug-likeness (QED) is 0.178. The van der Waals surface area contributed by atoms with Crippen molar-refractivity contribution in [3.8, 4) is 11.5 Å². The summed E-state index contributed by atoms with van der Waals surface area (Å²) in [5.74, 6) is 1.78. The van der Waals surface area contributed by atoms with E-state index in [1.165, 1.54) is 0 Å². The summed E-state index contributed by atoms with van der Waals surface area (Å²) in [6.45, 7) is 14.4. The number of aliphatic imine (C=N–C) groups is 1. The molecular formula is C29H41N3O4S. The molecular weight excluding hydrogens is 486 g/mol. The van der Waals surface area contributed by atoms with Crippen LogP contribution in [0.5, 0.6) is 11.5 Å². The molecule has 202 valence electrons. The maximum atomic E-state index is 10.2. The molecule has 0 spiro atoms. The molecule has 1 aliphatic rings. The Kier molecular flexibility index (Phi) is 10.7. The third-order valence-electron chi connectivity index (χ3n) is 6.03. The molecule has 0 saturated carbocycles. The lowest BCUT2D eigenvalue weighted by atomic mass is 9.94. The second-order valence-corrected chi connectivity index (χ2v) is 11.4. The van der Waals surface area contributed by atoms with Crippen molar-refractivity contribution in [3.63, 3.8) is 0 Å². The highest BCUT2D eigenvalue weighted by molar-refractivity contribution is 7.99. The number of anilines is 1. The molecule has 0 radical (unpaired) electrons. The first-order chi connectivity index (χ1) is 17.7. The first kappa shape index (κ1) is 28.9. The fraction of sp³-hybridized carbons (Fsp3) is 0.483. The molecule has 1 fully saturated rings. The van der Waals surface area contributed by atoms with Crippen LogP contribution in [0.3, 0.4) is 0 Å². The number of hydrogen-bond donors (Lipinski definition) is 2. The average molecular weight is 528 g/mol. The first-order valence-electron chi connectivity index (χ1n) is 12.7. The lowest BCUT2D eigenvalue weighted by molar-refractivity contribution is 0.128. The molecule has 0 amide bonds. The highest BCUT2D eigenvalue weighted by atomic mass is 32.2. The van der Waals surface area contributed by atoms with E-state index in [9.17, 15) is 5.11 Å². The minimum atomic E-state index is -0.252. The Labute approximate surface area is 225 Å². The number of methoxy groups -OCH3 is 1. The molecule has 0 aliphatic carbocycles. The van der Waals surface area contributed by atoms with Gasteiger partial charge in [0.05, 0.1) is 31.9 Å². The normalized spacial score (nSPS) is 15.8.